The third kappa shape index (κ3) is 4.11. The van der Waals surface area contributed by atoms with Crippen LogP contribution in [-0.2, 0) is 5.41 Å². The highest BCUT2D eigenvalue weighted by Crippen LogP contribution is 2.49. The monoisotopic (exact) mass is 661 g/mol. The van der Waals surface area contributed by atoms with E-state index >= 15 is 0 Å². The Bertz CT molecular complexity index is 3060. The molecule has 244 valence electrons. The van der Waals surface area contributed by atoms with Gasteiger partial charge in [-0.2, -0.15) is 0 Å². The van der Waals surface area contributed by atoms with Gasteiger partial charge in [0.15, 0.2) is 0 Å². The van der Waals surface area contributed by atoms with Gasteiger partial charge in [-0.05, 0) is 113 Å². The van der Waals surface area contributed by atoms with Crippen LogP contribution in [0.2, 0.25) is 0 Å². The first kappa shape index (κ1) is 29.3. The predicted octanol–water partition coefficient (Wildman–Crippen LogP) is 13.9. The lowest BCUT2D eigenvalue weighted by atomic mass is 9.82. The summed E-state index contributed by atoms with van der Waals surface area (Å²) in [4.78, 5) is 0. The summed E-state index contributed by atoms with van der Waals surface area (Å²) < 4.78 is 2.47. The van der Waals surface area contributed by atoms with E-state index in [0.717, 1.165) is 0 Å². The summed E-state index contributed by atoms with van der Waals surface area (Å²) in [5, 5.41) is 10.3. The van der Waals surface area contributed by atoms with Gasteiger partial charge < -0.3 is 4.57 Å². The Balaban J connectivity index is 1.07. The maximum Gasteiger partial charge on any atom is 0.0547 e. The second kappa shape index (κ2) is 10.8. The molecule has 0 atom stereocenters. The fourth-order valence-corrected chi connectivity index (χ4v) is 9.23. The van der Waals surface area contributed by atoms with Crippen molar-refractivity contribution in [2.75, 3.05) is 0 Å². The van der Waals surface area contributed by atoms with Crippen molar-refractivity contribution in [1.82, 2.24) is 4.57 Å². The van der Waals surface area contributed by atoms with Crippen LogP contribution < -0.4 is 0 Å². The zero-order chi connectivity index (χ0) is 34.6. The van der Waals surface area contributed by atoms with Crippen molar-refractivity contribution in [2.24, 2.45) is 0 Å². The summed E-state index contributed by atoms with van der Waals surface area (Å²) in [6.07, 6.45) is 0. The number of rotatable bonds is 3. The molecule has 1 heterocycles. The topological polar surface area (TPSA) is 4.93 Å². The number of hydrogen-bond donors (Lipinski definition) is 0. The van der Waals surface area contributed by atoms with E-state index in [4.69, 9.17) is 0 Å². The first-order valence-electron chi connectivity index (χ1n) is 18.3. The number of hydrogen-bond acceptors (Lipinski definition) is 0. The Morgan fingerprint density at radius 3 is 1.58 bits per heavy atom. The van der Waals surface area contributed by atoms with Crippen LogP contribution in [-0.4, -0.2) is 4.57 Å². The largest absolute Gasteiger partial charge is 0.309 e. The second-order valence-corrected chi connectivity index (χ2v) is 14.9. The number of nitrogens with zero attached hydrogens (tertiary/aromatic N) is 1. The lowest BCUT2D eigenvalue weighted by Gasteiger charge is -2.22. The second-order valence-electron chi connectivity index (χ2n) is 14.9. The predicted molar refractivity (Wildman–Crippen MR) is 222 cm³/mol. The van der Waals surface area contributed by atoms with Gasteiger partial charge in [0.2, 0.25) is 0 Å². The molecule has 0 bridgehead atoms. The molecule has 1 aliphatic rings. The van der Waals surface area contributed by atoms with E-state index in [9.17, 15) is 0 Å². The van der Waals surface area contributed by atoms with Gasteiger partial charge in [0, 0.05) is 21.9 Å². The first-order valence-corrected chi connectivity index (χ1v) is 18.3. The van der Waals surface area contributed by atoms with Gasteiger partial charge in [0.05, 0.1) is 11.0 Å². The van der Waals surface area contributed by atoms with Crippen molar-refractivity contribution < 1.29 is 0 Å². The summed E-state index contributed by atoms with van der Waals surface area (Å²) >= 11 is 0. The number of benzene rings is 9. The van der Waals surface area contributed by atoms with Crippen LogP contribution >= 0.6 is 0 Å². The minimum Gasteiger partial charge on any atom is -0.309 e. The highest BCUT2D eigenvalue weighted by atomic mass is 15.0. The molecule has 0 aliphatic heterocycles. The normalized spacial score (nSPS) is 13.3. The van der Waals surface area contributed by atoms with Crippen molar-refractivity contribution in [3.63, 3.8) is 0 Å². The van der Waals surface area contributed by atoms with Crippen LogP contribution in [0.25, 0.3) is 93.2 Å². The molecule has 0 radical (unpaired) electrons. The van der Waals surface area contributed by atoms with E-state index in [1.807, 2.05) is 0 Å². The summed E-state index contributed by atoms with van der Waals surface area (Å²) in [7, 11) is 0. The lowest BCUT2D eigenvalue weighted by Crippen LogP contribution is -2.15. The lowest BCUT2D eigenvalue weighted by molar-refractivity contribution is 0.660. The molecule has 0 fully saturated rings. The van der Waals surface area contributed by atoms with Gasteiger partial charge in [-0.25, -0.2) is 0 Å². The first-order chi connectivity index (χ1) is 25.5. The Labute approximate surface area is 303 Å². The van der Waals surface area contributed by atoms with Gasteiger partial charge in [0.25, 0.3) is 0 Å². The quantitative estimate of drug-likeness (QED) is 0.166. The molecule has 0 N–H and O–H groups in total. The van der Waals surface area contributed by atoms with Gasteiger partial charge in [-0.15, -0.1) is 0 Å². The molecule has 0 saturated carbocycles. The minimum atomic E-state index is -0.0611. The SMILES string of the molecule is CC1(C)c2ccccc2-c2ccc(-n3c4ccccc4c4ccc(-c5cccc(-c6ccc7c8ccccc8c8ccccc8c7c6)c5)cc43)cc21. The molecule has 11 rings (SSSR count). The zero-order valence-corrected chi connectivity index (χ0v) is 29.2. The van der Waals surface area contributed by atoms with Crippen molar-refractivity contribution in [2.45, 2.75) is 19.3 Å². The molecule has 1 aromatic heterocycles. The Kier molecular flexibility index (Phi) is 6.08. The summed E-state index contributed by atoms with van der Waals surface area (Å²) in [5.41, 5.74) is 14.0. The molecule has 1 aliphatic carbocycles. The molecule has 0 unspecified atom stereocenters. The fourth-order valence-electron chi connectivity index (χ4n) is 9.23. The number of aromatic nitrogens is 1. The van der Waals surface area contributed by atoms with Crippen LogP contribution in [0, 0.1) is 0 Å². The van der Waals surface area contributed by atoms with Crippen molar-refractivity contribution in [1.29, 1.82) is 0 Å². The van der Waals surface area contributed by atoms with Crippen LogP contribution in [0.15, 0.2) is 176 Å². The third-order valence-electron chi connectivity index (χ3n) is 11.8. The van der Waals surface area contributed by atoms with Crippen LogP contribution in [0.4, 0.5) is 0 Å². The van der Waals surface area contributed by atoms with E-state index in [1.54, 1.807) is 0 Å². The maximum atomic E-state index is 2.47. The summed E-state index contributed by atoms with van der Waals surface area (Å²) in [5.74, 6) is 0. The van der Waals surface area contributed by atoms with E-state index in [-0.39, 0.29) is 5.41 Å². The van der Waals surface area contributed by atoms with Crippen LogP contribution in [0.5, 0.6) is 0 Å². The Morgan fingerprint density at radius 1 is 0.327 bits per heavy atom. The van der Waals surface area contributed by atoms with Crippen molar-refractivity contribution >= 4 is 54.1 Å². The third-order valence-corrected chi connectivity index (χ3v) is 11.8. The van der Waals surface area contributed by atoms with Crippen molar-refractivity contribution in [3.05, 3.63) is 187 Å². The van der Waals surface area contributed by atoms with E-state index < -0.39 is 0 Å². The van der Waals surface area contributed by atoms with E-state index in [1.165, 1.54) is 104 Å². The van der Waals surface area contributed by atoms with Crippen molar-refractivity contribution in [3.8, 4) is 39.1 Å². The zero-order valence-electron chi connectivity index (χ0n) is 29.2. The molecule has 1 heteroatoms. The standard InChI is InChI=1S/C51H35N/c1-51(2)47-20-9-7-18-42(47)43-27-24-36(31-48(43)51)52-49-21-10-8-19-44(49)45-26-23-35(30-50(45)52)33-13-11-12-32(28-33)34-22-25-41-39-16-4-3-14-37(39)38-15-5-6-17-40(38)46(41)29-34/h3-31H,1-2H3. The fraction of sp³-hybridized carbons (Fsp3) is 0.0588. The number of fused-ring (bicyclic) bond motifs is 12. The minimum absolute atomic E-state index is 0.0611. The molecule has 9 aromatic carbocycles. The van der Waals surface area contributed by atoms with Gasteiger partial charge >= 0.3 is 0 Å². The van der Waals surface area contributed by atoms with Gasteiger partial charge in [-0.3, -0.25) is 0 Å². The molecule has 0 spiro atoms. The Morgan fingerprint density at radius 2 is 0.846 bits per heavy atom. The molecule has 0 amide bonds. The van der Waals surface area contributed by atoms with Gasteiger partial charge in [0.1, 0.15) is 0 Å². The molecular weight excluding hydrogens is 627 g/mol. The van der Waals surface area contributed by atoms with Crippen LogP contribution in [0.3, 0.4) is 0 Å². The van der Waals surface area contributed by atoms with E-state index in [0.29, 0.717) is 0 Å². The average molecular weight is 662 g/mol. The summed E-state index contributed by atoms with van der Waals surface area (Å²) in [6, 6.07) is 65.4. The molecular formula is C51H35N. The number of para-hydroxylation sites is 1. The van der Waals surface area contributed by atoms with Gasteiger partial charge in [-0.1, -0.05) is 153 Å². The highest BCUT2D eigenvalue weighted by molar-refractivity contribution is 6.25. The van der Waals surface area contributed by atoms with Crippen LogP contribution in [0.1, 0.15) is 25.0 Å². The summed E-state index contributed by atoms with van der Waals surface area (Å²) in [6.45, 7) is 4.72. The molecule has 1 nitrogen and oxygen atoms in total. The molecule has 10 aromatic rings. The van der Waals surface area contributed by atoms with E-state index in [2.05, 4.69) is 194 Å². The Hall–Kier alpha value is -6.44. The molecule has 52 heavy (non-hydrogen) atoms. The average Bonchev–Trinajstić information content (AvgIpc) is 3.65. The maximum absolute atomic E-state index is 2.47. The molecule has 0 saturated heterocycles. The highest BCUT2D eigenvalue weighted by Gasteiger charge is 2.35. The smallest absolute Gasteiger partial charge is 0.0547 e.